The van der Waals surface area contributed by atoms with Crippen molar-refractivity contribution in [1.82, 2.24) is 29.2 Å². The second kappa shape index (κ2) is 7.75. The fourth-order valence-electron chi connectivity index (χ4n) is 2.69. The zero-order valence-electron chi connectivity index (χ0n) is 14.5. The lowest BCUT2D eigenvalue weighted by Gasteiger charge is -2.23. The second-order valence-corrected chi connectivity index (χ2v) is 7.96. The molecule has 0 amide bonds. The summed E-state index contributed by atoms with van der Waals surface area (Å²) in [6.45, 7) is 1.44. The Balaban J connectivity index is 0.000000170. The number of anilines is 1. The van der Waals surface area contributed by atoms with Crippen LogP contribution in [0, 0.1) is 0 Å². The molecule has 0 atom stereocenters. The normalized spacial score (nSPS) is 15.4. The van der Waals surface area contributed by atoms with E-state index in [1.54, 1.807) is 29.1 Å². The molecule has 3 N–H and O–H groups in total. The van der Waals surface area contributed by atoms with Gasteiger partial charge in [-0.3, -0.25) is 0 Å². The molecule has 138 valence electrons. The van der Waals surface area contributed by atoms with Crippen molar-refractivity contribution >= 4 is 27.0 Å². The molecule has 1 aliphatic heterocycles. The fraction of sp³-hybridized carbons (Fsp3) is 0.375. The number of sulfonamides is 1. The number of hydrogen-bond donors (Lipinski definition) is 2. The van der Waals surface area contributed by atoms with Crippen molar-refractivity contribution in [3.63, 3.8) is 0 Å². The smallest absolute Gasteiger partial charge is 0.211 e. The van der Waals surface area contributed by atoms with Gasteiger partial charge in [0.1, 0.15) is 16.9 Å². The molecule has 1 aliphatic rings. The first-order valence-corrected chi connectivity index (χ1v) is 10.1. The predicted octanol–water partition coefficient (Wildman–Crippen LogP) is 1.43. The highest BCUT2D eigenvalue weighted by Crippen LogP contribution is 2.19. The highest BCUT2D eigenvalue weighted by atomic mass is 32.2. The van der Waals surface area contributed by atoms with Gasteiger partial charge in [0.05, 0.1) is 12.5 Å². The van der Waals surface area contributed by atoms with Gasteiger partial charge in [-0.05, 0) is 18.9 Å². The van der Waals surface area contributed by atoms with E-state index in [9.17, 15) is 8.42 Å². The quantitative estimate of drug-likeness (QED) is 0.692. The molecule has 0 saturated carbocycles. The first-order valence-electron chi connectivity index (χ1n) is 8.27. The summed E-state index contributed by atoms with van der Waals surface area (Å²) in [4.78, 5) is 19.7. The summed E-state index contributed by atoms with van der Waals surface area (Å²) < 4.78 is 23.4. The van der Waals surface area contributed by atoms with Gasteiger partial charge in [-0.15, -0.1) is 0 Å². The number of nitrogens with one attached hydrogen (secondary N) is 1. The van der Waals surface area contributed by atoms with Crippen LogP contribution >= 0.6 is 0 Å². The highest BCUT2D eigenvalue weighted by Gasteiger charge is 2.18. The number of aromatic amines is 1. The van der Waals surface area contributed by atoms with Gasteiger partial charge < -0.3 is 10.7 Å². The standard InChI is InChI=1S/C10H8N6.C6H13NO2S/c11-9-8(12-3-4-13-9)7-5-15-10-6(16-7)1-2-14-10;1-10(8,9)7-5-3-2-4-6-7/h1-5H,(H2,11,13)(H,14,15);2-6H2,1H3. The number of rotatable bonds is 2. The molecule has 0 radical (unpaired) electrons. The largest absolute Gasteiger partial charge is 0.382 e. The van der Waals surface area contributed by atoms with Crippen LogP contribution in [-0.4, -0.2) is 57.0 Å². The van der Waals surface area contributed by atoms with Crippen LogP contribution in [-0.2, 0) is 10.0 Å². The van der Waals surface area contributed by atoms with Crippen molar-refractivity contribution in [3.05, 3.63) is 30.9 Å². The molecule has 0 spiro atoms. The average molecular weight is 375 g/mol. The number of nitrogen functional groups attached to an aromatic ring is 1. The third kappa shape index (κ3) is 4.33. The van der Waals surface area contributed by atoms with Crippen molar-refractivity contribution in [2.75, 3.05) is 25.1 Å². The average Bonchev–Trinajstić information content (AvgIpc) is 3.10. The Bertz CT molecular complexity index is 981. The molecule has 0 aliphatic carbocycles. The number of piperidine rings is 1. The molecule has 4 rings (SSSR count). The summed E-state index contributed by atoms with van der Waals surface area (Å²) in [5, 5.41) is 0. The van der Waals surface area contributed by atoms with E-state index in [1.807, 2.05) is 6.07 Å². The van der Waals surface area contributed by atoms with Crippen molar-refractivity contribution < 1.29 is 8.42 Å². The fourth-order valence-corrected chi connectivity index (χ4v) is 3.61. The van der Waals surface area contributed by atoms with Crippen molar-refractivity contribution in [2.24, 2.45) is 0 Å². The molecule has 4 heterocycles. The molecule has 0 aromatic carbocycles. The molecule has 26 heavy (non-hydrogen) atoms. The monoisotopic (exact) mass is 375 g/mol. The van der Waals surface area contributed by atoms with Gasteiger partial charge in [-0.25, -0.2) is 32.7 Å². The van der Waals surface area contributed by atoms with Crippen LogP contribution in [0.25, 0.3) is 22.6 Å². The molecule has 1 saturated heterocycles. The molecule has 3 aromatic heterocycles. The molecule has 0 unspecified atom stereocenters. The van der Waals surface area contributed by atoms with E-state index in [4.69, 9.17) is 5.73 Å². The van der Waals surface area contributed by atoms with Crippen LogP contribution in [0.5, 0.6) is 0 Å². The first kappa shape index (κ1) is 18.2. The zero-order valence-corrected chi connectivity index (χ0v) is 15.3. The molecule has 9 nitrogen and oxygen atoms in total. The van der Waals surface area contributed by atoms with Crippen LogP contribution in [0.3, 0.4) is 0 Å². The first-order chi connectivity index (χ1) is 12.4. The van der Waals surface area contributed by atoms with E-state index in [1.165, 1.54) is 12.7 Å². The van der Waals surface area contributed by atoms with Crippen LogP contribution in [0.2, 0.25) is 0 Å². The summed E-state index contributed by atoms with van der Waals surface area (Å²) in [6.07, 6.45) is 11.0. The Kier molecular flexibility index (Phi) is 5.43. The Morgan fingerprint density at radius 3 is 2.50 bits per heavy atom. The van der Waals surface area contributed by atoms with E-state index in [2.05, 4.69) is 24.9 Å². The van der Waals surface area contributed by atoms with E-state index >= 15 is 0 Å². The topological polar surface area (TPSA) is 131 Å². The summed E-state index contributed by atoms with van der Waals surface area (Å²) in [5.74, 6) is 0.353. The van der Waals surface area contributed by atoms with Gasteiger partial charge in [-0.1, -0.05) is 6.42 Å². The molecule has 0 bridgehead atoms. The lowest BCUT2D eigenvalue weighted by atomic mass is 10.2. The maximum atomic E-state index is 10.9. The van der Waals surface area contributed by atoms with Crippen molar-refractivity contribution in [1.29, 1.82) is 0 Å². The van der Waals surface area contributed by atoms with Gasteiger partial charge >= 0.3 is 0 Å². The van der Waals surface area contributed by atoms with Crippen LogP contribution in [0.4, 0.5) is 5.82 Å². The maximum absolute atomic E-state index is 10.9. The zero-order chi connectivity index (χ0) is 18.6. The maximum Gasteiger partial charge on any atom is 0.211 e. The van der Waals surface area contributed by atoms with Crippen LogP contribution in [0.15, 0.2) is 30.9 Å². The van der Waals surface area contributed by atoms with E-state index < -0.39 is 10.0 Å². The third-order valence-electron chi connectivity index (χ3n) is 4.01. The second-order valence-electron chi connectivity index (χ2n) is 5.98. The number of hydrogen-bond acceptors (Lipinski definition) is 7. The summed E-state index contributed by atoms with van der Waals surface area (Å²) >= 11 is 0. The van der Waals surface area contributed by atoms with Crippen molar-refractivity contribution in [2.45, 2.75) is 19.3 Å². The van der Waals surface area contributed by atoms with Gasteiger partial charge in [0.15, 0.2) is 11.5 Å². The van der Waals surface area contributed by atoms with Gasteiger partial charge in [0.25, 0.3) is 0 Å². The minimum absolute atomic E-state index is 0.353. The lowest BCUT2D eigenvalue weighted by molar-refractivity contribution is 0.349. The Labute approximate surface area is 151 Å². The van der Waals surface area contributed by atoms with Gasteiger partial charge in [-0.2, -0.15) is 0 Å². The lowest BCUT2D eigenvalue weighted by Crippen LogP contribution is -2.34. The molecular weight excluding hydrogens is 354 g/mol. The Morgan fingerprint density at radius 2 is 1.85 bits per heavy atom. The summed E-state index contributed by atoms with van der Waals surface area (Å²) in [5.41, 5.74) is 8.42. The molecule has 1 fully saturated rings. The minimum atomic E-state index is -2.89. The van der Waals surface area contributed by atoms with Crippen LogP contribution < -0.4 is 5.73 Å². The minimum Gasteiger partial charge on any atom is -0.382 e. The Morgan fingerprint density at radius 1 is 1.12 bits per heavy atom. The van der Waals surface area contributed by atoms with E-state index in [0.717, 1.165) is 37.1 Å². The summed E-state index contributed by atoms with van der Waals surface area (Å²) in [7, 11) is -2.89. The number of nitrogens with zero attached hydrogens (tertiary/aromatic N) is 5. The van der Waals surface area contributed by atoms with E-state index in [-0.39, 0.29) is 0 Å². The Hall–Kier alpha value is -2.59. The van der Waals surface area contributed by atoms with Gasteiger partial charge in [0.2, 0.25) is 10.0 Å². The molecule has 10 heteroatoms. The van der Waals surface area contributed by atoms with E-state index in [0.29, 0.717) is 17.2 Å². The van der Waals surface area contributed by atoms with Gasteiger partial charge in [0, 0.05) is 31.7 Å². The number of nitrogens with two attached hydrogens (primary N) is 1. The summed E-state index contributed by atoms with van der Waals surface area (Å²) in [6, 6.07) is 1.85. The molecule has 3 aromatic rings. The van der Waals surface area contributed by atoms with Crippen LogP contribution in [0.1, 0.15) is 19.3 Å². The number of aromatic nitrogens is 5. The third-order valence-corrected chi connectivity index (χ3v) is 5.32. The number of H-pyrrole nitrogens is 1. The molecular formula is C16H21N7O2S. The number of fused-ring (bicyclic) bond motifs is 1. The van der Waals surface area contributed by atoms with Crippen molar-refractivity contribution in [3.8, 4) is 11.4 Å². The SMILES string of the molecule is CS(=O)(=O)N1CCCCC1.Nc1nccnc1-c1cnc2[nH]ccc2n1. The predicted molar refractivity (Wildman–Crippen MR) is 99.6 cm³/mol. The highest BCUT2D eigenvalue weighted by molar-refractivity contribution is 7.88.